The molecule has 0 amide bonds. The molecular formula is C15H27N3. The molecule has 1 aromatic rings. The minimum absolute atomic E-state index is 0.523. The third kappa shape index (κ3) is 3.84. The minimum atomic E-state index is 0.523. The van der Waals surface area contributed by atoms with Gasteiger partial charge in [-0.25, -0.2) is 4.98 Å². The second-order valence-corrected chi connectivity index (χ2v) is 6.19. The lowest BCUT2D eigenvalue weighted by Gasteiger charge is -2.34. The summed E-state index contributed by atoms with van der Waals surface area (Å²) >= 11 is 0. The average Bonchev–Trinajstić information content (AvgIpc) is 2.82. The van der Waals surface area contributed by atoms with Crippen LogP contribution in [0.25, 0.3) is 0 Å². The fraction of sp³-hybridized carbons (Fsp3) is 0.800. The molecular weight excluding hydrogens is 222 g/mol. The van der Waals surface area contributed by atoms with E-state index in [0.717, 1.165) is 18.4 Å². The van der Waals surface area contributed by atoms with E-state index in [4.69, 9.17) is 0 Å². The first-order chi connectivity index (χ1) is 8.65. The number of hydrogen-bond acceptors (Lipinski definition) is 2. The first-order valence-electron chi connectivity index (χ1n) is 7.37. The monoisotopic (exact) mass is 249 g/mol. The summed E-state index contributed by atoms with van der Waals surface area (Å²) in [5.41, 5.74) is 0. The predicted octanol–water partition coefficient (Wildman–Crippen LogP) is 3.08. The molecule has 3 heteroatoms. The summed E-state index contributed by atoms with van der Waals surface area (Å²) in [5.74, 6) is 1.75. The molecule has 3 nitrogen and oxygen atoms in total. The zero-order chi connectivity index (χ0) is 13.0. The van der Waals surface area contributed by atoms with E-state index in [1.807, 2.05) is 18.7 Å². The van der Waals surface area contributed by atoms with Crippen LogP contribution in [0.2, 0.25) is 0 Å². The molecule has 0 spiro atoms. The summed E-state index contributed by atoms with van der Waals surface area (Å²) in [6.45, 7) is 8.02. The quantitative estimate of drug-likeness (QED) is 0.869. The molecule has 1 N–H and O–H groups in total. The summed E-state index contributed by atoms with van der Waals surface area (Å²) in [6.07, 6.45) is 11.3. The van der Waals surface area contributed by atoms with Crippen molar-refractivity contribution < 1.29 is 0 Å². The summed E-state index contributed by atoms with van der Waals surface area (Å²) in [6, 6.07) is 1.24. The number of nitrogens with zero attached hydrogens (tertiary/aromatic N) is 2. The molecule has 1 saturated carbocycles. The topological polar surface area (TPSA) is 29.9 Å². The molecule has 0 saturated heterocycles. The Hall–Kier alpha value is -0.830. The van der Waals surface area contributed by atoms with E-state index in [1.54, 1.807) is 0 Å². The number of imidazole rings is 1. The van der Waals surface area contributed by atoms with E-state index in [-0.39, 0.29) is 0 Å². The standard InChI is InChI=1S/C15H27N3/c1-12(2)14-5-4-6-15(9-14)17-13(3)10-18-8-7-16-11-18/h7-8,11-15,17H,4-6,9-10H2,1-3H3. The van der Waals surface area contributed by atoms with Crippen LogP contribution in [0, 0.1) is 11.8 Å². The smallest absolute Gasteiger partial charge is 0.0946 e. The van der Waals surface area contributed by atoms with Crippen molar-refractivity contribution in [3.63, 3.8) is 0 Å². The largest absolute Gasteiger partial charge is 0.336 e. The van der Waals surface area contributed by atoms with Gasteiger partial charge in [0.2, 0.25) is 0 Å². The van der Waals surface area contributed by atoms with Crippen molar-refractivity contribution in [1.29, 1.82) is 0 Å². The Balaban J connectivity index is 1.78. The predicted molar refractivity (Wildman–Crippen MR) is 75.4 cm³/mol. The van der Waals surface area contributed by atoms with Crippen LogP contribution < -0.4 is 5.32 Å². The molecule has 1 fully saturated rings. The van der Waals surface area contributed by atoms with Crippen LogP contribution >= 0.6 is 0 Å². The fourth-order valence-electron chi connectivity index (χ4n) is 3.15. The van der Waals surface area contributed by atoms with Gasteiger partial charge in [-0.1, -0.05) is 26.7 Å². The van der Waals surface area contributed by atoms with Crippen LogP contribution in [0.4, 0.5) is 0 Å². The Labute approximate surface area is 111 Å². The molecule has 0 radical (unpaired) electrons. The molecule has 2 rings (SSSR count). The zero-order valence-corrected chi connectivity index (χ0v) is 12.0. The second kappa shape index (κ2) is 6.37. The highest BCUT2D eigenvalue weighted by Gasteiger charge is 2.24. The maximum atomic E-state index is 4.09. The van der Waals surface area contributed by atoms with Crippen LogP contribution in [0.5, 0.6) is 0 Å². The molecule has 18 heavy (non-hydrogen) atoms. The highest BCUT2D eigenvalue weighted by Crippen LogP contribution is 2.30. The first kappa shape index (κ1) is 13.6. The first-order valence-corrected chi connectivity index (χ1v) is 7.37. The van der Waals surface area contributed by atoms with E-state index >= 15 is 0 Å². The van der Waals surface area contributed by atoms with Crippen LogP contribution in [0.3, 0.4) is 0 Å². The maximum Gasteiger partial charge on any atom is 0.0946 e. The van der Waals surface area contributed by atoms with Gasteiger partial charge in [-0.15, -0.1) is 0 Å². The molecule has 1 aliphatic rings. The van der Waals surface area contributed by atoms with Gasteiger partial charge in [0.25, 0.3) is 0 Å². The number of nitrogens with one attached hydrogen (secondary N) is 1. The van der Waals surface area contributed by atoms with Gasteiger partial charge in [0.05, 0.1) is 6.33 Å². The SMILES string of the molecule is CC(Cn1ccnc1)NC1CCCC(C(C)C)C1. The Morgan fingerprint density at radius 3 is 2.83 bits per heavy atom. The van der Waals surface area contributed by atoms with E-state index in [1.165, 1.54) is 25.7 Å². The summed E-state index contributed by atoms with van der Waals surface area (Å²) < 4.78 is 2.15. The van der Waals surface area contributed by atoms with Gasteiger partial charge < -0.3 is 9.88 Å². The van der Waals surface area contributed by atoms with Gasteiger partial charge in [0.15, 0.2) is 0 Å². The van der Waals surface area contributed by atoms with Crippen molar-refractivity contribution in [2.45, 2.75) is 65.1 Å². The van der Waals surface area contributed by atoms with Gasteiger partial charge in [-0.05, 0) is 31.6 Å². The van der Waals surface area contributed by atoms with Crippen molar-refractivity contribution in [2.24, 2.45) is 11.8 Å². The molecule has 1 aliphatic carbocycles. The van der Waals surface area contributed by atoms with Crippen molar-refractivity contribution in [1.82, 2.24) is 14.9 Å². The van der Waals surface area contributed by atoms with Crippen LogP contribution in [0.15, 0.2) is 18.7 Å². The number of aromatic nitrogens is 2. The van der Waals surface area contributed by atoms with Gasteiger partial charge >= 0.3 is 0 Å². The lowest BCUT2D eigenvalue weighted by molar-refractivity contribution is 0.219. The number of hydrogen-bond donors (Lipinski definition) is 1. The van der Waals surface area contributed by atoms with E-state index < -0.39 is 0 Å². The molecule has 0 aliphatic heterocycles. The van der Waals surface area contributed by atoms with Crippen molar-refractivity contribution in [3.8, 4) is 0 Å². The molecule has 0 bridgehead atoms. The van der Waals surface area contributed by atoms with Crippen molar-refractivity contribution in [2.75, 3.05) is 0 Å². The minimum Gasteiger partial charge on any atom is -0.336 e. The maximum absolute atomic E-state index is 4.09. The lowest BCUT2D eigenvalue weighted by atomic mass is 9.79. The van der Waals surface area contributed by atoms with Gasteiger partial charge in [0.1, 0.15) is 0 Å². The van der Waals surface area contributed by atoms with E-state index in [2.05, 4.69) is 35.6 Å². The van der Waals surface area contributed by atoms with Crippen molar-refractivity contribution in [3.05, 3.63) is 18.7 Å². The third-order valence-electron chi connectivity index (χ3n) is 4.22. The lowest BCUT2D eigenvalue weighted by Crippen LogP contribution is -2.42. The third-order valence-corrected chi connectivity index (χ3v) is 4.22. The Bertz CT molecular complexity index is 332. The highest BCUT2D eigenvalue weighted by molar-refractivity contribution is 4.83. The molecule has 1 heterocycles. The fourth-order valence-corrected chi connectivity index (χ4v) is 3.15. The van der Waals surface area contributed by atoms with Gasteiger partial charge in [0, 0.05) is 31.0 Å². The second-order valence-electron chi connectivity index (χ2n) is 6.19. The van der Waals surface area contributed by atoms with E-state index in [0.29, 0.717) is 12.1 Å². The molecule has 1 aromatic heterocycles. The zero-order valence-electron chi connectivity index (χ0n) is 12.0. The van der Waals surface area contributed by atoms with E-state index in [9.17, 15) is 0 Å². The molecule has 3 unspecified atom stereocenters. The Morgan fingerprint density at radius 2 is 2.17 bits per heavy atom. The molecule has 0 aromatic carbocycles. The Kier molecular flexibility index (Phi) is 4.81. The highest BCUT2D eigenvalue weighted by atomic mass is 15.1. The Morgan fingerprint density at radius 1 is 1.33 bits per heavy atom. The van der Waals surface area contributed by atoms with Crippen LogP contribution in [-0.4, -0.2) is 21.6 Å². The van der Waals surface area contributed by atoms with Crippen LogP contribution in [-0.2, 0) is 6.54 Å². The normalized spacial score (nSPS) is 26.4. The van der Waals surface area contributed by atoms with Gasteiger partial charge in [-0.2, -0.15) is 0 Å². The van der Waals surface area contributed by atoms with Crippen molar-refractivity contribution >= 4 is 0 Å². The molecule has 102 valence electrons. The average molecular weight is 249 g/mol. The summed E-state index contributed by atoms with van der Waals surface area (Å²) in [4.78, 5) is 4.09. The summed E-state index contributed by atoms with van der Waals surface area (Å²) in [5, 5.41) is 3.79. The summed E-state index contributed by atoms with van der Waals surface area (Å²) in [7, 11) is 0. The number of rotatable bonds is 5. The molecule has 3 atom stereocenters. The van der Waals surface area contributed by atoms with Gasteiger partial charge in [-0.3, -0.25) is 0 Å². The van der Waals surface area contributed by atoms with Crippen LogP contribution in [0.1, 0.15) is 46.5 Å².